The Morgan fingerprint density at radius 1 is 1.00 bits per heavy atom. The van der Waals surface area contributed by atoms with E-state index in [2.05, 4.69) is 16.7 Å². The summed E-state index contributed by atoms with van der Waals surface area (Å²) in [4.78, 5) is 24.6. The van der Waals surface area contributed by atoms with Crippen LogP contribution in [0.4, 0.5) is 11.8 Å². The molecule has 2 heterocycles. The van der Waals surface area contributed by atoms with Gasteiger partial charge in [-0.15, -0.1) is 0 Å². The second-order valence-corrected chi connectivity index (χ2v) is 9.90. The highest BCUT2D eigenvalue weighted by molar-refractivity contribution is 5.90. The second kappa shape index (κ2) is 9.66. The predicted octanol–water partition coefficient (Wildman–Crippen LogP) is 4.93. The molecular formula is C28H33N5O2. The fourth-order valence-corrected chi connectivity index (χ4v) is 5.10. The van der Waals surface area contributed by atoms with Crippen molar-refractivity contribution in [2.24, 2.45) is 0 Å². The van der Waals surface area contributed by atoms with E-state index in [1.807, 2.05) is 63.2 Å². The quantitative estimate of drug-likeness (QED) is 0.412. The maximum atomic E-state index is 13.0. The predicted molar refractivity (Wildman–Crippen MR) is 142 cm³/mol. The van der Waals surface area contributed by atoms with Crippen molar-refractivity contribution in [3.8, 4) is 0 Å². The van der Waals surface area contributed by atoms with E-state index >= 15 is 0 Å². The van der Waals surface area contributed by atoms with Gasteiger partial charge in [0.05, 0.1) is 17.2 Å². The maximum absolute atomic E-state index is 13.0. The van der Waals surface area contributed by atoms with Crippen molar-refractivity contribution in [1.29, 1.82) is 0 Å². The number of aryl methyl sites for hydroxylation is 2. The van der Waals surface area contributed by atoms with Crippen LogP contribution in [0.25, 0.3) is 21.9 Å². The molecule has 0 aliphatic heterocycles. The van der Waals surface area contributed by atoms with Crippen molar-refractivity contribution in [3.05, 3.63) is 69.6 Å². The number of hydrogen-bond acceptors (Lipinski definition) is 7. The molecule has 0 atom stereocenters. The lowest BCUT2D eigenvalue weighted by Crippen LogP contribution is -2.37. The molecule has 0 saturated heterocycles. The third kappa shape index (κ3) is 4.86. The van der Waals surface area contributed by atoms with Gasteiger partial charge >= 0.3 is 0 Å². The summed E-state index contributed by atoms with van der Waals surface area (Å²) in [6.45, 7) is 4.51. The molecule has 0 bridgehead atoms. The summed E-state index contributed by atoms with van der Waals surface area (Å²) in [7, 11) is 4.02. The highest BCUT2D eigenvalue weighted by Gasteiger charge is 2.22. The van der Waals surface area contributed by atoms with Crippen molar-refractivity contribution in [3.63, 3.8) is 0 Å². The average molecular weight is 472 g/mol. The average Bonchev–Trinajstić information content (AvgIpc) is 2.84. The molecule has 0 radical (unpaired) electrons. The molecule has 35 heavy (non-hydrogen) atoms. The van der Waals surface area contributed by atoms with E-state index < -0.39 is 0 Å². The Morgan fingerprint density at radius 2 is 1.74 bits per heavy atom. The number of nitrogens with zero attached hydrogens (tertiary/aromatic N) is 3. The Morgan fingerprint density at radius 3 is 2.51 bits per heavy atom. The molecule has 1 aliphatic carbocycles. The number of aromatic nitrogens is 2. The van der Waals surface area contributed by atoms with Gasteiger partial charge in [0, 0.05) is 43.7 Å². The molecular weight excluding hydrogens is 438 g/mol. The van der Waals surface area contributed by atoms with Gasteiger partial charge in [0.25, 0.3) is 0 Å². The van der Waals surface area contributed by atoms with E-state index in [1.165, 1.54) is 0 Å². The first-order chi connectivity index (χ1) is 16.9. The lowest BCUT2D eigenvalue weighted by molar-refractivity contribution is 0.351. The van der Waals surface area contributed by atoms with Crippen LogP contribution >= 0.6 is 0 Å². The van der Waals surface area contributed by atoms with E-state index in [9.17, 15) is 4.79 Å². The van der Waals surface area contributed by atoms with Crippen LogP contribution in [0.15, 0.2) is 51.9 Å². The molecule has 2 N–H and O–H groups in total. The summed E-state index contributed by atoms with van der Waals surface area (Å²) >= 11 is 0. The van der Waals surface area contributed by atoms with Gasteiger partial charge in [-0.05, 0) is 68.9 Å². The first-order valence-electron chi connectivity index (χ1n) is 12.3. The first kappa shape index (κ1) is 23.3. The van der Waals surface area contributed by atoms with Gasteiger partial charge in [-0.1, -0.05) is 18.2 Å². The van der Waals surface area contributed by atoms with Crippen LogP contribution in [0.5, 0.6) is 0 Å². The molecule has 7 nitrogen and oxygen atoms in total. The first-order valence-corrected chi connectivity index (χ1v) is 12.3. The van der Waals surface area contributed by atoms with Gasteiger partial charge in [-0.25, -0.2) is 4.98 Å². The molecule has 2 aromatic carbocycles. The molecule has 4 aromatic rings. The number of rotatable bonds is 6. The minimum Gasteiger partial charge on any atom is -0.463 e. The fourth-order valence-electron chi connectivity index (χ4n) is 5.10. The van der Waals surface area contributed by atoms with Crippen LogP contribution in [-0.2, 0) is 6.54 Å². The number of nitrogens with one attached hydrogen (secondary N) is 2. The van der Waals surface area contributed by atoms with Crippen molar-refractivity contribution >= 4 is 33.6 Å². The highest BCUT2D eigenvalue weighted by atomic mass is 16.3. The molecule has 1 aliphatic rings. The van der Waals surface area contributed by atoms with E-state index in [0.29, 0.717) is 41.1 Å². The molecule has 5 rings (SSSR count). The minimum absolute atomic E-state index is 0.0612. The highest BCUT2D eigenvalue weighted by Crippen LogP contribution is 2.26. The third-order valence-corrected chi connectivity index (χ3v) is 6.92. The molecule has 2 aromatic heterocycles. The van der Waals surface area contributed by atoms with Crippen LogP contribution in [0, 0.1) is 13.8 Å². The van der Waals surface area contributed by atoms with Gasteiger partial charge < -0.3 is 20.0 Å². The summed E-state index contributed by atoms with van der Waals surface area (Å²) in [5.41, 5.74) is 4.45. The zero-order valence-corrected chi connectivity index (χ0v) is 20.9. The standard InChI is InChI=1S/C28H33N5O2/c1-17-13-18(2)26-23(14-17)25(34)19(16-35-26)15-29-20-9-11-21(12-10-20)30-28-31-24-8-6-5-7-22(24)27(32-28)33(3)4/h5-8,13-14,16,20-21,29H,9-12,15H2,1-4H3,(H,30,31,32)/t20-,21+. The molecule has 0 unspecified atom stereocenters. The van der Waals surface area contributed by atoms with Crippen LogP contribution in [0.1, 0.15) is 42.4 Å². The Balaban J connectivity index is 1.21. The van der Waals surface area contributed by atoms with Crippen molar-refractivity contribution < 1.29 is 4.42 Å². The van der Waals surface area contributed by atoms with E-state index in [0.717, 1.165) is 53.5 Å². The zero-order chi connectivity index (χ0) is 24.5. The van der Waals surface area contributed by atoms with Crippen LogP contribution in [0.3, 0.4) is 0 Å². The molecule has 1 saturated carbocycles. The van der Waals surface area contributed by atoms with Gasteiger partial charge in [-0.3, -0.25) is 4.79 Å². The number of benzene rings is 2. The van der Waals surface area contributed by atoms with Gasteiger partial charge in [-0.2, -0.15) is 4.98 Å². The minimum atomic E-state index is 0.0612. The Hall–Kier alpha value is -3.45. The number of hydrogen-bond donors (Lipinski definition) is 2. The number of fused-ring (bicyclic) bond motifs is 2. The van der Waals surface area contributed by atoms with Gasteiger partial charge in [0.2, 0.25) is 5.95 Å². The summed E-state index contributed by atoms with van der Waals surface area (Å²) in [6.07, 6.45) is 5.73. The topological polar surface area (TPSA) is 83.3 Å². The van der Waals surface area contributed by atoms with Crippen LogP contribution in [-0.4, -0.2) is 36.1 Å². The summed E-state index contributed by atoms with van der Waals surface area (Å²) in [5, 5.41) is 8.86. The maximum Gasteiger partial charge on any atom is 0.225 e. The Bertz CT molecular complexity index is 1420. The molecule has 0 amide bonds. The fraction of sp³-hybridized carbons (Fsp3) is 0.393. The largest absolute Gasteiger partial charge is 0.463 e. The Kier molecular flexibility index (Phi) is 6.43. The van der Waals surface area contributed by atoms with E-state index in [1.54, 1.807) is 6.26 Å². The lowest BCUT2D eigenvalue weighted by Gasteiger charge is -2.30. The SMILES string of the molecule is Cc1cc(C)c2occ(CN[C@H]3CC[C@@H](Nc4nc(N(C)C)c5ccccc5n4)CC3)c(=O)c2c1. The normalized spacial score (nSPS) is 18.2. The van der Waals surface area contributed by atoms with Gasteiger partial charge in [0.15, 0.2) is 5.43 Å². The molecule has 1 fully saturated rings. The third-order valence-electron chi connectivity index (χ3n) is 6.92. The van der Waals surface area contributed by atoms with E-state index in [-0.39, 0.29) is 5.43 Å². The monoisotopic (exact) mass is 471 g/mol. The van der Waals surface area contributed by atoms with Crippen LogP contribution < -0.4 is 21.0 Å². The summed E-state index contributed by atoms with van der Waals surface area (Å²) in [6, 6.07) is 12.8. The van der Waals surface area contributed by atoms with Crippen molar-refractivity contribution in [2.75, 3.05) is 24.3 Å². The van der Waals surface area contributed by atoms with Crippen LogP contribution in [0.2, 0.25) is 0 Å². The van der Waals surface area contributed by atoms with Gasteiger partial charge in [0.1, 0.15) is 11.4 Å². The Labute approximate surface area is 205 Å². The number of para-hydroxylation sites is 1. The number of anilines is 2. The van der Waals surface area contributed by atoms with Crippen molar-refractivity contribution in [2.45, 2.75) is 58.2 Å². The smallest absolute Gasteiger partial charge is 0.225 e. The molecule has 182 valence electrons. The van der Waals surface area contributed by atoms with Crippen molar-refractivity contribution in [1.82, 2.24) is 15.3 Å². The summed E-state index contributed by atoms with van der Waals surface area (Å²) < 4.78 is 5.82. The molecule has 7 heteroatoms. The lowest BCUT2D eigenvalue weighted by atomic mass is 9.91. The molecule has 0 spiro atoms. The zero-order valence-electron chi connectivity index (χ0n) is 20.9. The van der Waals surface area contributed by atoms with E-state index in [4.69, 9.17) is 14.4 Å². The second-order valence-electron chi connectivity index (χ2n) is 9.90. The summed E-state index contributed by atoms with van der Waals surface area (Å²) in [5.74, 6) is 1.61.